The molecule has 0 saturated carbocycles. The third kappa shape index (κ3) is 24.5. The first-order valence-corrected chi connectivity index (χ1v) is 24.9. The average Bonchev–Trinajstić information content (AvgIpc) is 3.71. The van der Waals surface area contributed by atoms with Crippen molar-refractivity contribution in [3.8, 4) is 0 Å². The molecule has 0 aliphatic rings. The highest BCUT2D eigenvalue weighted by Gasteiger charge is 2.28. The summed E-state index contributed by atoms with van der Waals surface area (Å²) in [5, 5.41) is 8.92. The Morgan fingerprint density at radius 2 is 1.11 bits per heavy atom. The minimum Gasteiger partial charge on any atom is -0.480 e. The van der Waals surface area contributed by atoms with E-state index in [0.29, 0.717) is 12.8 Å². The number of phosphoric ester groups is 1. The van der Waals surface area contributed by atoms with Crippen LogP contribution in [0.4, 0.5) is 0 Å². The van der Waals surface area contributed by atoms with Crippen LogP contribution in [0.15, 0.2) is 14.9 Å². The Morgan fingerprint density at radius 1 is 0.623 bits per heavy atom. The van der Waals surface area contributed by atoms with E-state index in [9.17, 15) is 23.8 Å². The van der Waals surface area contributed by atoms with E-state index in [1.54, 1.807) is 0 Å². The molecule has 0 saturated heterocycles. The number of rotatable bonds is 38. The molecule has 0 fully saturated rings. The highest BCUT2D eigenvalue weighted by molar-refractivity contribution is 7.47. The summed E-state index contributed by atoms with van der Waals surface area (Å²) in [6, 6.07) is 0.662. The fourth-order valence-corrected chi connectivity index (χ4v) is 8.02. The summed E-state index contributed by atoms with van der Waals surface area (Å²) >= 11 is 0. The van der Waals surface area contributed by atoms with Crippen LogP contribution in [0.3, 0.4) is 0 Å². The third-order valence-electron chi connectivity index (χ3n) is 11.2. The lowest BCUT2D eigenvalue weighted by molar-refractivity contribution is -0.161. The van der Waals surface area contributed by atoms with E-state index in [1.807, 2.05) is 0 Å². The normalized spacial score (nSPS) is 13.6. The SMILES string of the molecule is CCCCCc1cc(C)c(CCCCCCCCCCC(=O)OCC(COP(=O)(O)OCC(N)C(=O)O)OC(=O)CCCCCCCCCCc2oc(CCC)c(C)c2C)o1. The Hall–Kier alpha value is -2.96. The van der Waals surface area contributed by atoms with Gasteiger partial charge in [-0.1, -0.05) is 104 Å². The van der Waals surface area contributed by atoms with Crippen LogP contribution in [0.25, 0.3) is 0 Å². The molecule has 2 heterocycles. The number of aliphatic carboxylic acids is 1. The Balaban J connectivity index is 1.63. The van der Waals surface area contributed by atoms with Gasteiger partial charge in [0.05, 0.1) is 13.2 Å². The first-order valence-electron chi connectivity index (χ1n) is 23.4. The second kappa shape index (κ2) is 31.8. The molecule has 0 spiro atoms. The van der Waals surface area contributed by atoms with Crippen LogP contribution in [0, 0.1) is 20.8 Å². The number of hydrogen-bond donors (Lipinski definition) is 3. The summed E-state index contributed by atoms with van der Waals surface area (Å²) in [6.45, 7) is 9.08. The molecule has 0 aromatic carbocycles. The molecule has 3 unspecified atom stereocenters. The van der Waals surface area contributed by atoms with Gasteiger partial charge in [-0.3, -0.25) is 23.4 Å². The monoisotopic (exact) mass is 882 g/mol. The minimum absolute atomic E-state index is 0.136. The van der Waals surface area contributed by atoms with Gasteiger partial charge in [0.2, 0.25) is 0 Å². The number of carboxylic acid groups (broad SMARTS) is 1. The fraction of sp³-hybridized carbons (Fsp3) is 0.766. The molecule has 0 aliphatic heterocycles. The van der Waals surface area contributed by atoms with E-state index in [0.717, 1.165) is 139 Å². The standard InChI is InChI=1S/C47H80NO12P/c1-6-8-21-27-39-32-36(3)42(58-39)28-22-17-13-9-11-15-19-24-30-45(49)55-33-40(34-56-61(53,54)57-35-41(48)47(51)52)59-46(50)31-25-20-16-12-10-14-18-23-29-44-38(5)37(4)43(60-44)26-7-2/h32,40-41H,6-31,33-35,48H2,1-5H3,(H,51,52)(H,53,54). The van der Waals surface area contributed by atoms with Gasteiger partial charge in [0, 0.05) is 38.5 Å². The fourth-order valence-electron chi connectivity index (χ4n) is 7.25. The molecular formula is C47H80NO12P. The van der Waals surface area contributed by atoms with Gasteiger partial charge in [0.25, 0.3) is 0 Å². The van der Waals surface area contributed by atoms with E-state index in [1.165, 1.54) is 42.4 Å². The topological polar surface area (TPSA) is 198 Å². The van der Waals surface area contributed by atoms with Gasteiger partial charge in [0.1, 0.15) is 35.7 Å². The molecule has 13 nitrogen and oxygen atoms in total. The molecule has 0 amide bonds. The molecule has 0 radical (unpaired) electrons. The number of furan rings is 2. The number of carboxylic acids is 1. The zero-order valence-electron chi connectivity index (χ0n) is 38.2. The van der Waals surface area contributed by atoms with Crippen LogP contribution < -0.4 is 5.73 Å². The number of hydrogen-bond acceptors (Lipinski definition) is 11. The smallest absolute Gasteiger partial charge is 0.472 e. The van der Waals surface area contributed by atoms with Crippen molar-refractivity contribution in [1.29, 1.82) is 0 Å². The van der Waals surface area contributed by atoms with Gasteiger partial charge in [0.15, 0.2) is 6.10 Å². The Bertz CT molecular complexity index is 1570. The lowest BCUT2D eigenvalue weighted by atomic mass is 10.0. The predicted molar refractivity (Wildman–Crippen MR) is 238 cm³/mol. The summed E-state index contributed by atoms with van der Waals surface area (Å²) in [5.74, 6) is 2.07. The number of aryl methyl sites for hydroxylation is 5. The average molecular weight is 882 g/mol. The van der Waals surface area contributed by atoms with Crippen molar-refractivity contribution < 1.29 is 56.3 Å². The zero-order chi connectivity index (χ0) is 44.9. The maximum atomic E-state index is 12.7. The zero-order valence-corrected chi connectivity index (χ0v) is 39.1. The number of nitrogens with two attached hydrogens (primary N) is 1. The van der Waals surface area contributed by atoms with Gasteiger partial charge in [-0.05, 0) is 82.1 Å². The van der Waals surface area contributed by atoms with Crippen LogP contribution in [-0.2, 0) is 63.2 Å². The van der Waals surface area contributed by atoms with E-state index in [4.69, 9.17) is 33.7 Å². The number of carbonyl (C=O) groups is 3. The molecule has 0 aliphatic carbocycles. The van der Waals surface area contributed by atoms with Crippen LogP contribution in [-0.4, -0.2) is 59.9 Å². The number of phosphoric acid groups is 1. The van der Waals surface area contributed by atoms with Gasteiger partial charge < -0.3 is 34.0 Å². The van der Waals surface area contributed by atoms with Crippen molar-refractivity contribution in [1.82, 2.24) is 0 Å². The number of esters is 2. The van der Waals surface area contributed by atoms with Crippen LogP contribution in [0.2, 0.25) is 0 Å². The van der Waals surface area contributed by atoms with Crippen LogP contribution in [0.5, 0.6) is 0 Å². The molecular weight excluding hydrogens is 801 g/mol. The highest BCUT2D eigenvalue weighted by atomic mass is 31.2. The molecule has 0 bridgehead atoms. The quantitative estimate of drug-likeness (QED) is 0.0327. The van der Waals surface area contributed by atoms with Crippen molar-refractivity contribution in [2.24, 2.45) is 5.73 Å². The second-order valence-corrected chi connectivity index (χ2v) is 18.1. The number of carbonyl (C=O) groups excluding carboxylic acids is 2. The first kappa shape index (κ1) is 54.2. The lowest BCUT2D eigenvalue weighted by Gasteiger charge is -2.20. The molecule has 2 rings (SSSR count). The van der Waals surface area contributed by atoms with Crippen molar-refractivity contribution in [3.63, 3.8) is 0 Å². The minimum atomic E-state index is -4.74. The van der Waals surface area contributed by atoms with E-state index < -0.39 is 51.1 Å². The molecule has 14 heteroatoms. The van der Waals surface area contributed by atoms with Gasteiger partial charge in [-0.25, -0.2) is 4.57 Å². The maximum Gasteiger partial charge on any atom is 0.472 e. The summed E-state index contributed by atoms with van der Waals surface area (Å²) in [4.78, 5) is 46.3. The summed E-state index contributed by atoms with van der Waals surface area (Å²) in [5.41, 5.74) is 9.20. The van der Waals surface area contributed by atoms with E-state index in [-0.39, 0.29) is 19.4 Å². The predicted octanol–water partition coefficient (Wildman–Crippen LogP) is 11.3. The molecule has 2 aromatic heterocycles. The second-order valence-electron chi connectivity index (χ2n) is 16.7. The van der Waals surface area contributed by atoms with E-state index >= 15 is 0 Å². The van der Waals surface area contributed by atoms with Crippen LogP contribution in [0.1, 0.15) is 195 Å². The lowest BCUT2D eigenvalue weighted by Crippen LogP contribution is -2.34. The highest BCUT2D eigenvalue weighted by Crippen LogP contribution is 2.43. The number of unbranched alkanes of at least 4 members (excludes halogenated alkanes) is 16. The molecule has 3 atom stereocenters. The summed E-state index contributed by atoms with van der Waals surface area (Å²) < 4.78 is 45.1. The molecule has 2 aromatic rings. The molecule has 4 N–H and O–H groups in total. The first-order chi connectivity index (χ1) is 29.3. The largest absolute Gasteiger partial charge is 0.480 e. The van der Waals surface area contributed by atoms with Crippen molar-refractivity contribution in [2.75, 3.05) is 19.8 Å². The van der Waals surface area contributed by atoms with Crippen molar-refractivity contribution in [3.05, 3.63) is 45.8 Å². The van der Waals surface area contributed by atoms with Crippen LogP contribution >= 0.6 is 7.82 Å². The summed E-state index contributed by atoms with van der Waals surface area (Å²) in [6.07, 6.45) is 24.1. The Kier molecular flexibility index (Phi) is 28.3. The van der Waals surface area contributed by atoms with Crippen molar-refractivity contribution >= 4 is 25.7 Å². The molecule has 61 heavy (non-hydrogen) atoms. The molecule has 350 valence electrons. The maximum absolute atomic E-state index is 12.7. The van der Waals surface area contributed by atoms with Gasteiger partial charge in [-0.2, -0.15) is 0 Å². The van der Waals surface area contributed by atoms with Gasteiger partial charge in [-0.15, -0.1) is 0 Å². The number of ether oxygens (including phenoxy) is 2. The third-order valence-corrected chi connectivity index (χ3v) is 12.1. The van der Waals surface area contributed by atoms with E-state index in [2.05, 4.69) is 45.2 Å². The van der Waals surface area contributed by atoms with Crippen molar-refractivity contribution in [2.45, 2.75) is 214 Å². The Morgan fingerprint density at radius 3 is 1.67 bits per heavy atom. The Labute approximate surface area is 366 Å². The van der Waals surface area contributed by atoms with Gasteiger partial charge >= 0.3 is 25.7 Å². The summed E-state index contributed by atoms with van der Waals surface area (Å²) in [7, 11) is -4.74.